The summed E-state index contributed by atoms with van der Waals surface area (Å²) in [6, 6.07) is 3.73. The van der Waals surface area contributed by atoms with Crippen molar-refractivity contribution in [2.24, 2.45) is 0 Å². The Bertz CT molecular complexity index is 583. The van der Waals surface area contributed by atoms with Gasteiger partial charge in [0.15, 0.2) is 11.6 Å². The number of nitrogens with zero attached hydrogens (tertiary/aromatic N) is 3. The largest absolute Gasteiger partial charge is 0.347 e. The van der Waals surface area contributed by atoms with Gasteiger partial charge in [-0.3, -0.25) is 0 Å². The highest BCUT2D eigenvalue weighted by Gasteiger charge is 2.15. The summed E-state index contributed by atoms with van der Waals surface area (Å²) in [5.74, 6) is -1.75. The summed E-state index contributed by atoms with van der Waals surface area (Å²) in [6.45, 7) is 4.98. The lowest BCUT2D eigenvalue weighted by Crippen LogP contribution is -2.09. The minimum absolute atomic E-state index is 0.287. The molecule has 7 heteroatoms. The van der Waals surface area contributed by atoms with Crippen molar-refractivity contribution >= 4 is 0 Å². The summed E-state index contributed by atoms with van der Waals surface area (Å²) >= 11 is 0. The molecule has 0 aliphatic heterocycles. The number of halogens is 2. The van der Waals surface area contributed by atoms with Crippen LogP contribution in [0.2, 0.25) is 0 Å². The highest BCUT2D eigenvalue weighted by Crippen LogP contribution is 2.16. The Morgan fingerprint density at radius 2 is 1.86 bits per heavy atom. The molecule has 21 heavy (non-hydrogen) atoms. The van der Waals surface area contributed by atoms with E-state index in [1.54, 1.807) is 6.20 Å². The van der Waals surface area contributed by atoms with Crippen LogP contribution >= 0.6 is 0 Å². The zero-order chi connectivity index (χ0) is 15.2. The second-order valence-electron chi connectivity index (χ2n) is 4.33. The van der Waals surface area contributed by atoms with E-state index in [0.717, 1.165) is 12.1 Å². The minimum atomic E-state index is -0.880. The predicted octanol–water partition coefficient (Wildman–Crippen LogP) is 2.68. The quantitative estimate of drug-likeness (QED) is 0.737. The zero-order valence-electron chi connectivity index (χ0n) is 11.9. The molecule has 0 atom stereocenters. The molecule has 0 saturated heterocycles. The van der Waals surface area contributed by atoms with Gasteiger partial charge in [0.05, 0.1) is 12.7 Å². The Labute approximate surface area is 121 Å². The molecule has 1 heterocycles. The Morgan fingerprint density at radius 1 is 1.14 bits per heavy atom. The average Bonchev–Trinajstić information content (AvgIpc) is 2.91. The van der Waals surface area contributed by atoms with Crippen LogP contribution in [0.5, 0.6) is 0 Å². The Kier molecular flexibility index (Phi) is 5.35. The van der Waals surface area contributed by atoms with E-state index in [0.29, 0.717) is 24.5 Å². The second-order valence-corrected chi connectivity index (χ2v) is 4.33. The third-order valence-corrected chi connectivity index (χ3v) is 2.76. The normalized spacial score (nSPS) is 11.3. The third kappa shape index (κ3) is 4.05. The highest BCUT2D eigenvalue weighted by atomic mass is 19.2. The fourth-order valence-corrected chi connectivity index (χ4v) is 1.85. The summed E-state index contributed by atoms with van der Waals surface area (Å²) in [4.78, 5) is 0. The van der Waals surface area contributed by atoms with E-state index in [1.165, 1.54) is 10.7 Å². The van der Waals surface area contributed by atoms with Crippen LogP contribution in [-0.2, 0) is 16.0 Å². The second kappa shape index (κ2) is 7.24. The molecule has 0 fully saturated rings. The van der Waals surface area contributed by atoms with Gasteiger partial charge in [0.25, 0.3) is 0 Å². The first-order valence-electron chi connectivity index (χ1n) is 6.71. The Hall–Kier alpha value is -1.86. The van der Waals surface area contributed by atoms with Crippen LogP contribution in [0.1, 0.15) is 31.4 Å². The van der Waals surface area contributed by atoms with E-state index in [9.17, 15) is 8.78 Å². The fourth-order valence-electron chi connectivity index (χ4n) is 1.85. The van der Waals surface area contributed by atoms with Gasteiger partial charge < -0.3 is 9.47 Å². The first-order valence-corrected chi connectivity index (χ1v) is 6.71. The standard InChI is InChI=1S/C14H17F2N3O2/c1-3-20-14(21-4-2)13-9-19(18-17-13)8-10-5-6-11(15)12(16)7-10/h5-7,9,14H,3-4,8H2,1-2H3. The summed E-state index contributed by atoms with van der Waals surface area (Å²) < 4.78 is 38.4. The van der Waals surface area contributed by atoms with Crippen molar-refractivity contribution in [2.75, 3.05) is 13.2 Å². The Balaban J connectivity index is 2.09. The highest BCUT2D eigenvalue weighted by molar-refractivity contribution is 5.18. The molecule has 0 bridgehead atoms. The molecular weight excluding hydrogens is 280 g/mol. The maximum absolute atomic E-state index is 13.2. The zero-order valence-corrected chi connectivity index (χ0v) is 11.9. The van der Waals surface area contributed by atoms with Gasteiger partial charge in [0.2, 0.25) is 6.29 Å². The number of benzene rings is 1. The summed E-state index contributed by atoms with van der Waals surface area (Å²) in [7, 11) is 0. The monoisotopic (exact) mass is 297 g/mol. The number of rotatable bonds is 7. The maximum Gasteiger partial charge on any atom is 0.204 e. The van der Waals surface area contributed by atoms with Crippen LogP contribution in [-0.4, -0.2) is 28.2 Å². The van der Waals surface area contributed by atoms with E-state index in [4.69, 9.17) is 9.47 Å². The average molecular weight is 297 g/mol. The first-order chi connectivity index (χ1) is 10.1. The van der Waals surface area contributed by atoms with E-state index < -0.39 is 17.9 Å². The van der Waals surface area contributed by atoms with Crippen molar-refractivity contribution in [3.05, 3.63) is 47.3 Å². The van der Waals surface area contributed by atoms with Gasteiger partial charge in [0.1, 0.15) is 5.69 Å². The number of ether oxygens (including phenoxy) is 2. The van der Waals surface area contributed by atoms with Crippen LogP contribution in [0.15, 0.2) is 24.4 Å². The number of hydrogen-bond donors (Lipinski definition) is 0. The van der Waals surface area contributed by atoms with Crippen molar-refractivity contribution in [2.45, 2.75) is 26.7 Å². The lowest BCUT2D eigenvalue weighted by atomic mass is 10.2. The van der Waals surface area contributed by atoms with Gasteiger partial charge in [-0.25, -0.2) is 13.5 Å². The van der Waals surface area contributed by atoms with Gasteiger partial charge in [-0.15, -0.1) is 5.10 Å². The van der Waals surface area contributed by atoms with Gasteiger partial charge in [-0.1, -0.05) is 11.3 Å². The molecule has 1 aromatic heterocycles. The van der Waals surface area contributed by atoms with Gasteiger partial charge >= 0.3 is 0 Å². The maximum atomic E-state index is 13.2. The molecular formula is C14H17F2N3O2. The molecule has 0 N–H and O–H groups in total. The topological polar surface area (TPSA) is 49.2 Å². The first kappa shape index (κ1) is 15.5. The van der Waals surface area contributed by atoms with E-state index in [1.807, 2.05) is 13.8 Å². The molecule has 5 nitrogen and oxygen atoms in total. The fraction of sp³-hybridized carbons (Fsp3) is 0.429. The van der Waals surface area contributed by atoms with Crippen molar-refractivity contribution in [1.29, 1.82) is 0 Å². The third-order valence-electron chi connectivity index (χ3n) is 2.76. The van der Waals surface area contributed by atoms with Crippen LogP contribution in [0.25, 0.3) is 0 Å². The molecule has 2 rings (SSSR count). The Morgan fingerprint density at radius 3 is 2.48 bits per heavy atom. The minimum Gasteiger partial charge on any atom is -0.347 e. The van der Waals surface area contributed by atoms with Gasteiger partial charge in [-0.05, 0) is 31.5 Å². The summed E-state index contributed by atoms with van der Waals surface area (Å²) in [5, 5.41) is 7.92. The van der Waals surface area contributed by atoms with Crippen LogP contribution in [0, 0.1) is 11.6 Å². The van der Waals surface area contributed by atoms with Crippen molar-refractivity contribution in [3.63, 3.8) is 0 Å². The van der Waals surface area contributed by atoms with Crippen molar-refractivity contribution < 1.29 is 18.3 Å². The lowest BCUT2D eigenvalue weighted by molar-refractivity contribution is -0.142. The van der Waals surface area contributed by atoms with E-state index >= 15 is 0 Å². The van der Waals surface area contributed by atoms with Gasteiger partial charge in [0, 0.05) is 13.2 Å². The molecule has 2 aromatic rings. The lowest BCUT2D eigenvalue weighted by Gasteiger charge is -2.13. The molecule has 0 spiro atoms. The van der Waals surface area contributed by atoms with Crippen molar-refractivity contribution in [3.8, 4) is 0 Å². The molecule has 0 radical (unpaired) electrons. The van der Waals surface area contributed by atoms with Crippen LogP contribution in [0.3, 0.4) is 0 Å². The molecule has 114 valence electrons. The van der Waals surface area contributed by atoms with Crippen LogP contribution in [0.4, 0.5) is 8.78 Å². The van der Waals surface area contributed by atoms with Crippen LogP contribution < -0.4 is 0 Å². The molecule has 0 aliphatic rings. The molecule has 0 saturated carbocycles. The summed E-state index contributed by atoms with van der Waals surface area (Å²) in [5.41, 5.74) is 1.14. The number of hydrogen-bond acceptors (Lipinski definition) is 4. The van der Waals surface area contributed by atoms with Crippen molar-refractivity contribution in [1.82, 2.24) is 15.0 Å². The number of aromatic nitrogens is 3. The molecule has 0 aliphatic carbocycles. The predicted molar refractivity (Wildman–Crippen MR) is 71.5 cm³/mol. The van der Waals surface area contributed by atoms with Gasteiger partial charge in [-0.2, -0.15) is 0 Å². The smallest absolute Gasteiger partial charge is 0.204 e. The molecule has 1 aromatic carbocycles. The molecule has 0 unspecified atom stereocenters. The molecule has 0 amide bonds. The van der Waals surface area contributed by atoms with E-state index in [2.05, 4.69) is 10.3 Å². The van der Waals surface area contributed by atoms with E-state index in [-0.39, 0.29) is 6.54 Å². The SMILES string of the molecule is CCOC(OCC)c1cn(Cc2ccc(F)c(F)c2)nn1. The summed E-state index contributed by atoms with van der Waals surface area (Å²) in [6.07, 6.45) is 1.09.